The lowest BCUT2D eigenvalue weighted by atomic mass is 9.75. The smallest absolute Gasteiger partial charge is 0.0839 e. The molecule has 2 atom stereocenters. The van der Waals surface area contributed by atoms with Crippen molar-refractivity contribution < 1.29 is 4.74 Å². The Morgan fingerprint density at radius 2 is 2.06 bits per heavy atom. The second-order valence-corrected chi connectivity index (χ2v) is 5.60. The van der Waals surface area contributed by atoms with Crippen LogP contribution in [-0.2, 0) is 4.74 Å². The average molecular weight is 247 g/mol. The highest BCUT2D eigenvalue weighted by Gasteiger charge is 2.34. The highest BCUT2D eigenvalue weighted by atomic mass is 16.5. The molecule has 0 aliphatic heterocycles. The molecule has 0 saturated heterocycles. The third-order valence-corrected chi connectivity index (χ3v) is 4.70. The van der Waals surface area contributed by atoms with E-state index in [9.17, 15) is 0 Å². The lowest BCUT2D eigenvalue weighted by Crippen LogP contribution is -2.40. The maximum absolute atomic E-state index is 6.49. The third-order valence-electron chi connectivity index (χ3n) is 4.70. The third kappa shape index (κ3) is 2.32. The van der Waals surface area contributed by atoms with E-state index in [1.807, 2.05) is 0 Å². The summed E-state index contributed by atoms with van der Waals surface area (Å²) in [5.74, 6) is 0.713. The van der Waals surface area contributed by atoms with E-state index in [2.05, 4.69) is 38.1 Å². The topological polar surface area (TPSA) is 35.2 Å². The maximum atomic E-state index is 6.49. The maximum Gasteiger partial charge on any atom is 0.0839 e. The van der Waals surface area contributed by atoms with Gasteiger partial charge in [0, 0.05) is 7.11 Å². The van der Waals surface area contributed by atoms with Gasteiger partial charge in [0.05, 0.1) is 11.6 Å². The summed E-state index contributed by atoms with van der Waals surface area (Å²) in [7, 11) is 1.76. The summed E-state index contributed by atoms with van der Waals surface area (Å²) in [6.45, 7) is 4.24. The summed E-state index contributed by atoms with van der Waals surface area (Å²) in [6.07, 6.45) is 4.88. The summed E-state index contributed by atoms with van der Waals surface area (Å²) in [6, 6.07) is 8.57. The highest BCUT2D eigenvalue weighted by Crippen LogP contribution is 2.41. The molecule has 1 saturated carbocycles. The molecule has 1 aromatic rings. The summed E-state index contributed by atoms with van der Waals surface area (Å²) >= 11 is 0. The zero-order chi connectivity index (χ0) is 13.2. The van der Waals surface area contributed by atoms with Crippen molar-refractivity contribution in [1.82, 2.24) is 0 Å². The van der Waals surface area contributed by atoms with Crippen LogP contribution in [0.3, 0.4) is 0 Å². The first-order valence-corrected chi connectivity index (χ1v) is 7.02. The molecule has 2 rings (SSSR count). The molecule has 1 fully saturated rings. The fourth-order valence-electron chi connectivity index (χ4n) is 2.71. The Morgan fingerprint density at radius 3 is 2.56 bits per heavy atom. The number of benzene rings is 1. The molecule has 2 heteroatoms. The molecule has 0 amide bonds. The Kier molecular flexibility index (Phi) is 4.08. The summed E-state index contributed by atoms with van der Waals surface area (Å²) < 4.78 is 5.66. The minimum absolute atomic E-state index is 0.0516. The molecular weight excluding hydrogens is 222 g/mol. The van der Waals surface area contributed by atoms with Crippen LogP contribution >= 0.6 is 0 Å². The van der Waals surface area contributed by atoms with Crippen LogP contribution in [0.15, 0.2) is 24.3 Å². The average Bonchev–Trinajstić information content (AvgIpc) is 2.36. The van der Waals surface area contributed by atoms with Crippen molar-refractivity contribution in [2.24, 2.45) is 5.73 Å². The van der Waals surface area contributed by atoms with Gasteiger partial charge in [-0.1, -0.05) is 37.6 Å². The van der Waals surface area contributed by atoms with Crippen LogP contribution < -0.4 is 5.73 Å². The van der Waals surface area contributed by atoms with Crippen LogP contribution in [0.2, 0.25) is 0 Å². The molecule has 2 nitrogen and oxygen atoms in total. The quantitative estimate of drug-likeness (QED) is 0.859. The predicted octanol–water partition coefficient (Wildman–Crippen LogP) is 3.77. The van der Waals surface area contributed by atoms with Crippen LogP contribution in [0, 0.1) is 0 Å². The fourth-order valence-corrected chi connectivity index (χ4v) is 2.71. The highest BCUT2D eigenvalue weighted by molar-refractivity contribution is 5.35. The molecule has 18 heavy (non-hydrogen) atoms. The van der Waals surface area contributed by atoms with Crippen molar-refractivity contribution in [2.75, 3.05) is 7.11 Å². The number of rotatable bonds is 5. The lowest BCUT2D eigenvalue weighted by Gasteiger charge is -2.37. The Hall–Kier alpha value is -0.860. The molecule has 2 N–H and O–H groups in total. The van der Waals surface area contributed by atoms with E-state index >= 15 is 0 Å². The van der Waals surface area contributed by atoms with Gasteiger partial charge >= 0.3 is 0 Å². The second-order valence-electron chi connectivity index (χ2n) is 5.60. The van der Waals surface area contributed by atoms with E-state index in [1.54, 1.807) is 7.11 Å². The van der Waals surface area contributed by atoms with E-state index in [0.29, 0.717) is 5.92 Å². The second kappa shape index (κ2) is 5.41. The van der Waals surface area contributed by atoms with Gasteiger partial charge in [0.2, 0.25) is 0 Å². The fraction of sp³-hybridized carbons (Fsp3) is 0.625. The van der Waals surface area contributed by atoms with Crippen LogP contribution in [0.1, 0.15) is 62.6 Å². The number of ether oxygens (including phenoxy) is 1. The van der Waals surface area contributed by atoms with E-state index in [0.717, 1.165) is 6.42 Å². The molecule has 0 aromatic heterocycles. The number of hydrogen-bond donors (Lipinski definition) is 1. The minimum Gasteiger partial charge on any atom is -0.377 e. The molecule has 0 spiro atoms. The van der Waals surface area contributed by atoms with Gasteiger partial charge in [-0.15, -0.1) is 0 Å². The van der Waals surface area contributed by atoms with E-state index < -0.39 is 0 Å². The molecule has 1 aliphatic carbocycles. The standard InChI is InChI=1S/C16H25NO/c1-4-16(2,18-3)15(17)14-11-6-5-10-13(14)12-8-7-9-12/h5-6,10-12,15H,4,7-9,17H2,1-3H3. The number of nitrogens with two attached hydrogens (primary N) is 1. The molecular formula is C16H25NO. The molecule has 0 radical (unpaired) electrons. The predicted molar refractivity (Wildman–Crippen MR) is 75.7 cm³/mol. The molecule has 0 heterocycles. The van der Waals surface area contributed by atoms with Gasteiger partial charge in [0.1, 0.15) is 0 Å². The van der Waals surface area contributed by atoms with E-state index in [-0.39, 0.29) is 11.6 Å². The van der Waals surface area contributed by atoms with E-state index in [4.69, 9.17) is 10.5 Å². The largest absolute Gasteiger partial charge is 0.377 e. The van der Waals surface area contributed by atoms with Crippen molar-refractivity contribution in [3.63, 3.8) is 0 Å². The van der Waals surface area contributed by atoms with Gasteiger partial charge in [0.15, 0.2) is 0 Å². The Bertz CT molecular complexity index is 394. The summed E-state index contributed by atoms with van der Waals surface area (Å²) in [5, 5.41) is 0. The SMILES string of the molecule is CCC(C)(OC)C(N)c1ccccc1C1CCC1. The Morgan fingerprint density at radius 1 is 1.39 bits per heavy atom. The molecule has 0 bridgehead atoms. The lowest BCUT2D eigenvalue weighted by molar-refractivity contribution is -0.0198. The van der Waals surface area contributed by atoms with Crippen molar-refractivity contribution >= 4 is 0 Å². The van der Waals surface area contributed by atoms with Gasteiger partial charge in [0.25, 0.3) is 0 Å². The molecule has 1 aromatic carbocycles. The van der Waals surface area contributed by atoms with Crippen LogP contribution in [-0.4, -0.2) is 12.7 Å². The van der Waals surface area contributed by atoms with Crippen molar-refractivity contribution in [1.29, 1.82) is 0 Å². The number of hydrogen-bond acceptors (Lipinski definition) is 2. The van der Waals surface area contributed by atoms with Crippen molar-refractivity contribution in [2.45, 2.75) is 57.1 Å². The normalized spacial score (nSPS) is 21.1. The summed E-state index contributed by atoms with van der Waals surface area (Å²) in [4.78, 5) is 0. The first kappa shape index (κ1) is 13.6. The molecule has 100 valence electrons. The van der Waals surface area contributed by atoms with Crippen LogP contribution in [0.5, 0.6) is 0 Å². The zero-order valence-corrected chi connectivity index (χ0v) is 11.8. The van der Waals surface area contributed by atoms with Crippen molar-refractivity contribution in [3.05, 3.63) is 35.4 Å². The number of methoxy groups -OCH3 is 1. The van der Waals surface area contributed by atoms with Gasteiger partial charge < -0.3 is 10.5 Å². The first-order chi connectivity index (χ1) is 8.62. The van der Waals surface area contributed by atoms with Gasteiger partial charge in [-0.05, 0) is 43.2 Å². The van der Waals surface area contributed by atoms with Crippen LogP contribution in [0.4, 0.5) is 0 Å². The first-order valence-electron chi connectivity index (χ1n) is 7.02. The van der Waals surface area contributed by atoms with Crippen LogP contribution in [0.25, 0.3) is 0 Å². The van der Waals surface area contributed by atoms with Gasteiger partial charge in [-0.2, -0.15) is 0 Å². The zero-order valence-electron chi connectivity index (χ0n) is 11.8. The minimum atomic E-state index is -0.278. The van der Waals surface area contributed by atoms with E-state index in [1.165, 1.54) is 30.4 Å². The van der Waals surface area contributed by atoms with Gasteiger partial charge in [-0.3, -0.25) is 0 Å². The van der Waals surface area contributed by atoms with Crippen molar-refractivity contribution in [3.8, 4) is 0 Å². The Labute approximate surface area is 111 Å². The Balaban J connectivity index is 2.32. The monoisotopic (exact) mass is 247 g/mol. The molecule has 2 unspecified atom stereocenters. The summed E-state index contributed by atoms with van der Waals surface area (Å²) in [5.41, 5.74) is 8.92. The molecule has 1 aliphatic rings. The van der Waals surface area contributed by atoms with Gasteiger partial charge in [-0.25, -0.2) is 0 Å².